The third-order valence-corrected chi connectivity index (χ3v) is 6.91. The summed E-state index contributed by atoms with van der Waals surface area (Å²) in [7, 11) is -3.59. The fraction of sp³-hybridized carbons (Fsp3) is 0.300. The van der Waals surface area contributed by atoms with Gasteiger partial charge in [0.15, 0.2) is 6.61 Å². The normalized spacial score (nSPS) is 14.9. The van der Waals surface area contributed by atoms with E-state index in [1.165, 1.54) is 16.4 Å². The van der Waals surface area contributed by atoms with Crippen LogP contribution in [0.2, 0.25) is 0 Å². The molecule has 1 amide bonds. The third-order valence-electron chi connectivity index (χ3n) is 4.48. The first-order valence-electron chi connectivity index (χ1n) is 9.19. The molecule has 0 radical (unpaired) electrons. The van der Waals surface area contributed by atoms with Crippen molar-refractivity contribution in [2.45, 2.75) is 24.2 Å². The number of carbonyl (C=O) groups is 2. The third kappa shape index (κ3) is 5.65. The lowest BCUT2D eigenvalue weighted by Crippen LogP contribution is -2.35. The first-order valence-corrected chi connectivity index (χ1v) is 11.4. The summed E-state index contributed by atoms with van der Waals surface area (Å²) in [6, 6.07) is 12.6. The number of sulfonamides is 1. The average Bonchev–Trinajstić information content (AvgIpc) is 2.73. The number of hydrogen-bond acceptors (Lipinski definition) is 5. The van der Waals surface area contributed by atoms with Gasteiger partial charge < -0.3 is 10.1 Å². The number of halogens is 1. The highest BCUT2D eigenvalue weighted by Crippen LogP contribution is 2.23. The number of hydrogen-bond donors (Lipinski definition) is 1. The molecule has 7 nitrogen and oxygen atoms in total. The first-order chi connectivity index (χ1) is 13.9. The highest BCUT2D eigenvalue weighted by atomic mass is 79.9. The number of ether oxygens (including phenoxy) is 1. The Balaban J connectivity index is 1.60. The molecule has 1 aliphatic heterocycles. The van der Waals surface area contributed by atoms with Crippen LogP contribution in [-0.2, 0) is 19.6 Å². The summed E-state index contributed by atoms with van der Waals surface area (Å²) < 4.78 is 32.8. The topological polar surface area (TPSA) is 92.8 Å². The Morgan fingerprint density at radius 3 is 2.41 bits per heavy atom. The summed E-state index contributed by atoms with van der Waals surface area (Å²) >= 11 is 3.28. The number of nitrogens with zero attached hydrogens (tertiary/aromatic N) is 1. The molecule has 3 rings (SSSR count). The molecule has 29 heavy (non-hydrogen) atoms. The van der Waals surface area contributed by atoms with Crippen molar-refractivity contribution in [2.24, 2.45) is 0 Å². The molecule has 2 aromatic carbocycles. The molecule has 2 aromatic rings. The summed E-state index contributed by atoms with van der Waals surface area (Å²) in [6.45, 7) is 0.536. The Labute approximate surface area is 178 Å². The fourth-order valence-corrected chi connectivity index (χ4v) is 4.81. The van der Waals surface area contributed by atoms with Gasteiger partial charge in [0.2, 0.25) is 10.0 Å². The van der Waals surface area contributed by atoms with Gasteiger partial charge in [-0.2, -0.15) is 4.31 Å². The van der Waals surface area contributed by atoms with E-state index in [4.69, 9.17) is 4.74 Å². The molecule has 1 saturated heterocycles. The van der Waals surface area contributed by atoms with E-state index in [9.17, 15) is 18.0 Å². The minimum atomic E-state index is -3.59. The SMILES string of the molecule is O=C(COC(=O)c1ccc(Br)cc1)Nc1cccc(S(=O)(=O)N2CCCCC2)c1. The van der Waals surface area contributed by atoms with Crippen LogP contribution in [0.5, 0.6) is 0 Å². The van der Waals surface area contributed by atoms with Crippen LogP contribution in [0, 0.1) is 0 Å². The van der Waals surface area contributed by atoms with E-state index in [1.807, 2.05) is 0 Å². The summed E-state index contributed by atoms with van der Waals surface area (Å²) in [4.78, 5) is 24.2. The van der Waals surface area contributed by atoms with Gasteiger partial charge in [-0.1, -0.05) is 28.4 Å². The number of anilines is 1. The number of amides is 1. The van der Waals surface area contributed by atoms with Crippen LogP contribution < -0.4 is 5.32 Å². The number of benzene rings is 2. The van der Waals surface area contributed by atoms with Crippen LogP contribution in [0.15, 0.2) is 57.9 Å². The van der Waals surface area contributed by atoms with Gasteiger partial charge in [-0.25, -0.2) is 13.2 Å². The Bertz CT molecular complexity index is 986. The van der Waals surface area contributed by atoms with Crippen molar-refractivity contribution >= 4 is 43.5 Å². The van der Waals surface area contributed by atoms with Crippen molar-refractivity contribution in [2.75, 3.05) is 25.0 Å². The molecular weight excluding hydrogens is 460 g/mol. The van der Waals surface area contributed by atoms with E-state index in [-0.39, 0.29) is 4.90 Å². The molecule has 0 aromatic heterocycles. The van der Waals surface area contributed by atoms with Crippen molar-refractivity contribution in [1.29, 1.82) is 0 Å². The zero-order chi connectivity index (χ0) is 20.9. The second-order valence-electron chi connectivity index (χ2n) is 6.62. The maximum atomic E-state index is 12.8. The van der Waals surface area contributed by atoms with Gasteiger partial charge in [-0.15, -0.1) is 0 Å². The first kappa shape index (κ1) is 21.5. The van der Waals surface area contributed by atoms with E-state index in [1.54, 1.807) is 36.4 Å². The van der Waals surface area contributed by atoms with Crippen LogP contribution in [-0.4, -0.2) is 44.3 Å². The van der Waals surface area contributed by atoms with Gasteiger partial charge in [-0.3, -0.25) is 4.79 Å². The largest absolute Gasteiger partial charge is 0.452 e. The molecular formula is C20H21BrN2O5S. The van der Waals surface area contributed by atoms with Gasteiger partial charge in [0.25, 0.3) is 5.91 Å². The van der Waals surface area contributed by atoms with E-state index >= 15 is 0 Å². The molecule has 0 aliphatic carbocycles. The second kappa shape index (κ2) is 9.51. The van der Waals surface area contributed by atoms with Crippen LogP contribution in [0.4, 0.5) is 5.69 Å². The summed E-state index contributed by atoms with van der Waals surface area (Å²) in [5, 5.41) is 2.57. The molecule has 1 heterocycles. The van der Waals surface area contributed by atoms with Crippen molar-refractivity contribution in [3.05, 3.63) is 58.6 Å². The highest BCUT2D eigenvalue weighted by Gasteiger charge is 2.26. The Kier molecular flexibility index (Phi) is 7.05. The molecule has 0 bridgehead atoms. The summed E-state index contributed by atoms with van der Waals surface area (Å²) in [6.07, 6.45) is 2.72. The second-order valence-corrected chi connectivity index (χ2v) is 9.48. The number of rotatable bonds is 6. The quantitative estimate of drug-likeness (QED) is 0.639. The van der Waals surface area contributed by atoms with E-state index in [2.05, 4.69) is 21.2 Å². The number of nitrogens with one attached hydrogen (secondary N) is 1. The Morgan fingerprint density at radius 2 is 1.72 bits per heavy atom. The van der Waals surface area contributed by atoms with Crippen molar-refractivity contribution in [3.8, 4) is 0 Å². The predicted molar refractivity (Wildman–Crippen MR) is 112 cm³/mol. The molecule has 1 N–H and O–H groups in total. The zero-order valence-corrected chi connectivity index (χ0v) is 18.0. The lowest BCUT2D eigenvalue weighted by atomic mass is 10.2. The zero-order valence-electron chi connectivity index (χ0n) is 15.6. The standard InChI is InChI=1S/C20H21BrN2O5S/c21-16-9-7-15(8-10-16)20(25)28-14-19(24)22-17-5-4-6-18(13-17)29(26,27)23-11-2-1-3-12-23/h4-10,13H,1-3,11-12,14H2,(H,22,24). The van der Waals surface area contributed by atoms with Gasteiger partial charge >= 0.3 is 5.97 Å². The van der Waals surface area contributed by atoms with Gasteiger partial charge in [0.1, 0.15) is 0 Å². The summed E-state index contributed by atoms with van der Waals surface area (Å²) in [5.74, 6) is -1.17. The number of carbonyl (C=O) groups excluding carboxylic acids is 2. The van der Waals surface area contributed by atoms with Gasteiger partial charge in [0, 0.05) is 23.2 Å². The number of esters is 1. The van der Waals surface area contributed by atoms with Crippen LogP contribution in [0.25, 0.3) is 0 Å². The monoisotopic (exact) mass is 480 g/mol. The van der Waals surface area contributed by atoms with Crippen molar-refractivity contribution in [3.63, 3.8) is 0 Å². The van der Waals surface area contributed by atoms with Gasteiger partial charge in [-0.05, 0) is 55.3 Å². The maximum Gasteiger partial charge on any atom is 0.338 e. The van der Waals surface area contributed by atoms with E-state index in [0.717, 1.165) is 23.7 Å². The predicted octanol–water partition coefficient (Wildman–Crippen LogP) is 3.42. The molecule has 154 valence electrons. The molecule has 0 spiro atoms. The lowest BCUT2D eigenvalue weighted by Gasteiger charge is -2.26. The molecule has 1 fully saturated rings. The van der Waals surface area contributed by atoms with Crippen LogP contribution in [0.3, 0.4) is 0 Å². The lowest BCUT2D eigenvalue weighted by molar-refractivity contribution is -0.119. The maximum absolute atomic E-state index is 12.8. The minimum absolute atomic E-state index is 0.129. The summed E-state index contributed by atoms with van der Waals surface area (Å²) in [5.41, 5.74) is 0.656. The average molecular weight is 481 g/mol. The number of piperidine rings is 1. The van der Waals surface area contributed by atoms with E-state index in [0.29, 0.717) is 24.3 Å². The van der Waals surface area contributed by atoms with Crippen LogP contribution >= 0.6 is 15.9 Å². The molecule has 0 atom stereocenters. The molecule has 0 unspecified atom stereocenters. The van der Waals surface area contributed by atoms with Crippen molar-refractivity contribution < 1.29 is 22.7 Å². The Hall–Kier alpha value is -2.23. The van der Waals surface area contributed by atoms with Gasteiger partial charge in [0.05, 0.1) is 10.5 Å². The minimum Gasteiger partial charge on any atom is -0.452 e. The fourth-order valence-electron chi connectivity index (χ4n) is 2.99. The van der Waals surface area contributed by atoms with E-state index < -0.39 is 28.5 Å². The molecule has 1 aliphatic rings. The highest BCUT2D eigenvalue weighted by molar-refractivity contribution is 9.10. The van der Waals surface area contributed by atoms with Crippen molar-refractivity contribution in [1.82, 2.24) is 4.31 Å². The molecule has 0 saturated carbocycles. The Morgan fingerprint density at radius 1 is 1.03 bits per heavy atom. The molecule has 9 heteroatoms. The smallest absolute Gasteiger partial charge is 0.338 e. The van der Waals surface area contributed by atoms with Crippen LogP contribution in [0.1, 0.15) is 29.6 Å².